The number of nitrogens with one attached hydrogen (secondary N) is 2. The number of ether oxygens (including phenoxy) is 1. The molecule has 0 aromatic heterocycles. The lowest BCUT2D eigenvalue weighted by molar-refractivity contribution is -0.123. The van der Waals surface area contributed by atoms with E-state index in [0.29, 0.717) is 18.4 Å². The fraction of sp³-hybridized carbons (Fsp3) is 0.917. The maximum absolute atomic E-state index is 11.8. The standard InChI is InChI=1S/C12H22N2O2.ClH/c15-12(9-10-1-5-13-6-2-10)14-11-3-7-16-8-4-11;/h10-11,13H,1-9H2,(H,14,15);1H. The van der Waals surface area contributed by atoms with Crippen molar-refractivity contribution in [3.63, 3.8) is 0 Å². The van der Waals surface area contributed by atoms with E-state index in [2.05, 4.69) is 10.6 Å². The van der Waals surface area contributed by atoms with Crippen molar-refractivity contribution in [2.24, 2.45) is 5.92 Å². The molecule has 0 radical (unpaired) electrons. The monoisotopic (exact) mass is 262 g/mol. The van der Waals surface area contributed by atoms with Gasteiger partial charge in [0.2, 0.25) is 5.91 Å². The molecule has 2 heterocycles. The molecule has 0 bridgehead atoms. The first-order chi connectivity index (χ1) is 7.84. The molecule has 2 rings (SSSR count). The molecule has 2 N–H and O–H groups in total. The summed E-state index contributed by atoms with van der Waals surface area (Å²) < 4.78 is 5.27. The summed E-state index contributed by atoms with van der Waals surface area (Å²) in [5, 5.41) is 6.45. The van der Waals surface area contributed by atoms with Crippen LogP contribution in [0.5, 0.6) is 0 Å². The number of hydrogen-bond donors (Lipinski definition) is 2. The van der Waals surface area contributed by atoms with E-state index in [1.165, 1.54) is 0 Å². The third-order valence-corrected chi connectivity index (χ3v) is 3.52. The summed E-state index contributed by atoms with van der Waals surface area (Å²) in [7, 11) is 0. The summed E-state index contributed by atoms with van der Waals surface area (Å²) in [6.45, 7) is 3.71. The van der Waals surface area contributed by atoms with Gasteiger partial charge in [-0.1, -0.05) is 0 Å². The highest BCUT2D eigenvalue weighted by Gasteiger charge is 2.20. The Bertz CT molecular complexity index is 205. The van der Waals surface area contributed by atoms with Crippen molar-refractivity contribution in [2.45, 2.75) is 38.1 Å². The molecule has 2 aliphatic heterocycles. The van der Waals surface area contributed by atoms with Crippen LogP contribution in [0.3, 0.4) is 0 Å². The van der Waals surface area contributed by atoms with Crippen LogP contribution in [-0.2, 0) is 9.53 Å². The van der Waals surface area contributed by atoms with Crippen molar-refractivity contribution in [3.05, 3.63) is 0 Å². The molecule has 0 aliphatic carbocycles. The second kappa shape index (κ2) is 7.90. The first kappa shape index (κ1) is 14.7. The van der Waals surface area contributed by atoms with Gasteiger partial charge in [0.05, 0.1) is 0 Å². The highest BCUT2D eigenvalue weighted by Crippen LogP contribution is 2.16. The van der Waals surface area contributed by atoms with Crippen molar-refractivity contribution in [2.75, 3.05) is 26.3 Å². The lowest BCUT2D eigenvalue weighted by Crippen LogP contribution is -2.40. The predicted molar refractivity (Wildman–Crippen MR) is 69.4 cm³/mol. The van der Waals surface area contributed by atoms with E-state index in [1.807, 2.05) is 0 Å². The molecule has 0 aromatic carbocycles. The molecule has 0 unspecified atom stereocenters. The van der Waals surface area contributed by atoms with Crippen LogP contribution >= 0.6 is 12.4 Å². The molecule has 0 aromatic rings. The van der Waals surface area contributed by atoms with E-state index in [1.54, 1.807) is 0 Å². The van der Waals surface area contributed by atoms with E-state index < -0.39 is 0 Å². The Labute approximate surface area is 109 Å². The number of piperidine rings is 1. The first-order valence-corrected chi connectivity index (χ1v) is 6.42. The Morgan fingerprint density at radius 2 is 1.82 bits per heavy atom. The van der Waals surface area contributed by atoms with Crippen LogP contribution in [0.15, 0.2) is 0 Å². The molecule has 17 heavy (non-hydrogen) atoms. The van der Waals surface area contributed by atoms with Crippen molar-refractivity contribution in [1.29, 1.82) is 0 Å². The first-order valence-electron chi connectivity index (χ1n) is 6.42. The number of carbonyl (C=O) groups is 1. The minimum atomic E-state index is 0. The highest BCUT2D eigenvalue weighted by molar-refractivity contribution is 5.85. The number of halogens is 1. The van der Waals surface area contributed by atoms with Gasteiger partial charge in [0, 0.05) is 25.7 Å². The van der Waals surface area contributed by atoms with Crippen molar-refractivity contribution in [3.8, 4) is 0 Å². The Morgan fingerprint density at radius 1 is 1.18 bits per heavy atom. The third kappa shape index (κ3) is 5.23. The van der Waals surface area contributed by atoms with Crippen LogP contribution in [0, 0.1) is 5.92 Å². The van der Waals surface area contributed by atoms with E-state index in [0.717, 1.165) is 52.0 Å². The molecule has 2 aliphatic rings. The third-order valence-electron chi connectivity index (χ3n) is 3.52. The van der Waals surface area contributed by atoms with Crippen LogP contribution in [0.1, 0.15) is 32.1 Å². The molecule has 4 nitrogen and oxygen atoms in total. The molecule has 0 saturated carbocycles. The highest BCUT2D eigenvalue weighted by atomic mass is 35.5. The number of carbonyl (C=O) groups excluding carboxylic acids is 1. The average molecular weight is 263 g/mol. The number of hydrogen-bond acceptors (Lipinski definition) is 3. The summed E-state index contributed by atoms with van der Waals surface area (Å²) in [6, 6.07) is 0.350. The Kier molecular flexibility index (Phi) is 6.85. The van der Waals surface area contributed by atoms with Gasteiger partial charge < -0.3 is 15.4 Å². The van der Waals surface area contributed by atoms with Crippen LogP contribution in [0.25, 0.3) is 0 Å². The van der Waals surface area contributed by atoms with Gasteiger partial charge in [-0.05, 0) is 44.7 Å². The normalized spacial score (nSPS) is 22.8. The Hall–Kier alpha value is -0.320. The fourth-order valence-corrected chi connectivity index (χ4v) is 2.48. The van der Waals surface area contributed by atoms with Gasteiger partial charge in [-0.25, -0.2) is 0 Å². The van der Waals surface area contributed by atoms with Crippen molar-refractivity contribution in [1.82, 2.24) is 10.6 Å². The van der Waals surface area contributed by atoms with Crippen LogP contribution in [-0.4, -0.2) is 38.3 Å². The Balaban J connectivity index is 0.00000144. The predicted octanol–water partition coefficient (Wildman–Crippen LogP) is 1.09. The lowest BCUT2D eigenvalue weighted by Gasteiger charge is -2.26. The van der Waals surface area contributed by atoms with E-state index >= 15 is 0 Å². The van der Waals surface area contributed by atoms with Crippen LogP contribution < -0.4 is 10.6 Å². The van der Waals surface area contributed by atoms with Gasteiger partial charge in [0.25, 0.3) is 0 Å². The quantitative estimate of drug-likeness (QED) is 0.801. The molecule has 100 valence electrons. The average Bonchev–Trinajstić information content (AvgIpc) is 2.31. The SMILES string of the molecule is Cl.O=C(CC1CCNCC1)NC1CCOCC1. The Morgan fingerprint density at radius 3 is 2.47 bits per heavy atom. The van der Waals surface area contributed by atoms with E-state index in [4.69, 9.17) is 4.74 Å². The minimum Gasteiger partial charge on any atom is -0.381 e. The smallest absolute Gasteiger partial charge is 0.220 e. The molecule has 1 amide bonds. The summed E-state index contributed by atoms with van der Waals surface area (Å²) in [5.74, 6) is 0.819. The van der Waals surface area contributed by atoms with Gasteiger partial charge in [-0.3, -0.25) is 4.79 Å². The van der Waals surface area contributed by atoms with Crippen molar-refractivity contribution < 1.29 is 9.53 Å². The zero-order valence-corrected chi connectivity index (χ0v) is 11.1. The maximum atomic E-state index is 11.8. The van der Waals surface area contributed by atoms with Gasteiger partial charge in [0.15, 0.2) is 0 Å². The summed E-state index contributed by atoms with van der Waals surface area (Å²) in [4.78, 5) is 11.8. The molecule has 2 saturated heterocycles. The number of rotatable bonds is 3. The molecule has 0 spiro atoms. The fourth-order valence-electron chi connectivity index (χ4n) is 2.48. The van der Waals surface area contributed by atoms with Gasteiger partial charge >= 0.3 is 0 Å². The number of amides is 1. The molecule has 5 heteroatoms. The molecular weight excluding hydrogens is 240 g/mol. The van der Waals surface area contributed by atoms with Gasteiger partial charge in [-0.15, -0.1) is 12.4 Å². The van der Waals surface area contributed by atoms with E-state index in [9.17, 15) is 4.79 Å². The summed E-state index contributed by atoms with van der Waals surface area (Å²) >= 11 is 0. The zero-order valence-electron chi connectivity index (χ0n) is 10.2. The van der Waals surface area contributed by atoms with E-state index in [-0.39, 0.29) is 18.3 Å². The lowest BCUT2D eigenvalue weighted by atomic mass is 9.94. The topological polar surface area (TPSA) is 50.4 Å². The second-order valence-electron chi connectivity index (χ2n) is 4.85. The molecular formula is C12H23ClN2O2. The minimum absolute atomic E-state index is 0. The molecule has 2 fully saturated rings. The maximum Gasteiger partial charge on any atom is 0.220 e. The largest absolute Gasteiger partial charge is 0.381 e. The summed E-state index contributed by atoms with van der Waals surface area (Å²) in [5.41, 5.74) is 0. The second-order valence-corrected chi connectivity index (χ2v) is 4.85. The summed E-state index contributed by atoms with van der Waals surface area (Å²) in [6.07, 6.45) is 4.93. The van der Waals surface area contributed by atoms with Gasteiger partial charge in [0.1, 0.15) is 0 Å². The zero-order chi connectivity index (χ0) is 11.2. The molecule has 0 atom stereocenters. The van der Waals surface area contributed by atoms with Crippen LogP contribution in [0.2, 0.25) is 0 Å². The van der Waals surface area contributed by atoms with Crippen molar-refractivity contribution >= 4 is 18.3 Å². The van der Waals surface area contributed by atoms with Gasteiger partial charge in [-0.2, -0.15) is 0 Å². The van der Waals surface area contributed by atoms with Crippen LogP contribution in [0.4, 0.5) is 0 Å².